The summed E-state index contributed by atoms with van der Waals surface area (Å²) in [4.78, 5) is 7.14. The Hall–Kier alpha value is -2.89. The van der Waals surface area contributed by atoms with Crippen LogP contribution in [0.2, 0.25) is 0 Å². The maximum atomic E-state index is 4.85. The molecule has 3 heterocycles. The van der Waals surface area contributed by atoms with Gasteiger partial charge >= 0.3 is 0 Å². The lowest BCUT2D eigenvalue weighted by molar-refractivity contribution is 0.762. The number of aromatic nitrogens is 3. The molecule has 3 aromatic rings. The van der Waals surface area contributed by atoms with Crippen LogP contribution in [0.3, 0.4) is 0 Å². The molecule has 0 aliphatic carbocycles. The zero-order valence-electron chi connectivity index (χ0n) is 15.1. The van der Waals surface area contributed by atoms with Crippen molar-refractivity contribution < 1.29 is 0 Å². The van der Waals surface area contributed by atoms with Crippen LogP contribution in [-0.4, -0.2) is 40.2 Å². The molecule has 6 heteroatoms. The summed E-state index contributed by atoms with van der Waals surface area (Å²) in [6.45, 7) is 4.73. The van der Waals surface area contributed by atoms with E-state index >= 15 is 0 Å². The monoisotopic (exact) mass is 348 g/mol. The number of pyridine rings is 1. The second kappa shape index (κ2) is 7.56. The van der Waals surface area contributed by atoms with Gasteiger partial charge in [0, 0.05) is 37.9 Å². The fraction of sp³-hybridized carbons (Fsp3) is 0.350. The average molecular weight is 348 g/mol. The number of rotatable bonds is 5. The average Bonchev–Trinajstić information content (AvgIpc) is 3.29. The number of para-hydroxylation sites is 1. The number of nitrogens with one attached hydrogen (secondary N) is 1. The highest BCUT2D eigenvalue weighted by Gasteiger charge is 2.22. The van der Waals surface area contributed by atoms with Crippen molar-refractivity contribution in [2.75, 3.05) is 24.5 Å². The molecule has 1 aliphatic heterocycles. The van der Waals surface area contributed by atoms with E-state index in [0.29, 0.717) is 0 Å². The van der Waals surface area contributed by atoms with E-state index in [1.807, 2.05) is 28.8 Å². The number of nitrogens with zero attached hydrogens (tertiary/aromatic N) is 5. The number of hydrogen-bond acceptors (Lipinski definition) is 3. The van der Waals surface area contributed by atoms with Crippen molar-refractivity contribution in [3.63, 3.8) is 0 Å². The first-order valence-corrected chi connectivity index (χ1v) is 9.29. The molecule has 0 spiro atoms. The quantitative estimate of drug-likeness (QED) is 0.438. The van der Waals surface area contributed by atoms with Crippen molar-refractivity contribution in [3.8, 4) is 0 Å². The van der Waals surface area contributed by atoms with Gasteiger partial charge in [-0.3, -0.25) is 9.39 Å². The zero-order chi connectivity index (χ0) is 17.8. The van der Waals surface area contributed by atoms with E-state index in [1.165, 1.54) is 11.3 Å². The number of fused-ring (bicyclic) bond motifs is 2. The van der Waals surface area contributed by atoms with E-state index in [4.69, 9.17) is 4.99 Å². The van der Waals surface area contributed by atoms with Crippen LogP contribution in [0, 0.1) is 0 Å². The smallest absolute Gasteiger partial charge is 0.198 e. The van der Waals surface area contributed by atoms with Gasteiger partial charge in [-0.25, -0.2) is 0 Å². The molecular formula is C20H24N6. The lowest BCUT2D eigenvalue weighted by Crippen LogP contribution is -2.40. The summed E-state index contributed by atoms with van der Waals surface area (Å²) < 4.78 is 2.05. The van der Waals surface area contributed by atoms with Crippen LogP contribution in [0.5, 0.6) is 0 Å². The van der Waals surface area contributed by atoms with Crippen LogP contribution in [0.1, 0.15) is 24.7 Å². The number of aryl methyl sites for hydroxylation is 1. The third-order valence-corrected chi connectivity index (χ3v) is 4.68. The molecule has 0 unspecified atom stereocenters. The molecule has 1 N–H and O–H groups in total. The molecule has 1 aromatic carbocycles. The molecule has 0 saturated heterocycles. The summed E-state index contributed by atoms with van der Waals surface area (Å²) in [6, 6.07) is 14.5. The molecule has 2 aromatic heterocycles. The van der Waals surface area contributed by atoms with E-state index < -0.39 is 0 Å². The minimum Gasteiger partial charge on any atom is -0.356 e. The molecule has 0 bridgehead atoms. The highest BCUT2D eigenvalue weighted by atomic mass is 15.3. The van der Waals surface area contributed by atoms with Crippen molar-refractivity contribution in [1.29, 1.82) is 0 Å². The van der Waals surface area contributed by atoms with E-state index in [1.54, 1.807) is 0 Å². The topological polar surface area (TPSA) is 57.8 Å². The predicted octanol–water partition coefficient (Wildman–Crippen LogP) is 2.69. The Balaban J connectivity index is 1.42. The fourth-order valence-electron chi connectivity index (χ4n) is 3.44. The molecule has 0 atom stereocenters. The Morgan fingerprint density at radius 2 is 2.04 bits per heavy atom. The van der Waals surface area contributed by atoms with Gasteiger partial charge in [-0.1, -0.05) is 24.3 Å². The van der Waals surface area contributed by atoms with Crippen LogP contribution in [0.4, 0.5) is 5.69 Å². The summed E-state index contributed by atoms with van der Waals surface area (Å²) >= 11 is 0. The Morgan fingerprint density at radius 3 is 2.96 bits per heavy atom. The molecule has 0 saturated carbocycles. The van der Waals surface area contributed by atoms with Gasteiger partial charge in [0.05, 0.1) is 0 Å². The van der Waals surface area contributed by atoms with Gasteiger partial charge in [-0.15, -0.1) is 10.2 Å². The van der Waals surface area contributed by atoms with Gasteiger partial charge in [0.2, 0.25) is 0 Å². The molecule has 6 nitrogen and oxygen atoms in total. The summed E-state index contributed by atoms with van der Waals surface area (Å²) in [6.07, 6.45) is 4.90. The lowest BCUT2D eigenvalue weighted by atomic mass is 10.2. The molecule has 0 fully saturated rings. The van der Waals surface area contributed by atoms with Crippen molar-refractivity contribution in [3.05, 3.63) is 60.0 Å². The highest BCUT2D eigenvalue weighted by Crippen LogP contribution is 2.27. The number of anilines is 1. The Labute approximate surface area is 153 Å². The fourth-order valence-corrected chi connectivity index (χ4v) is 3.44. The summed E-state index contributed by atoms with van der Waals surface area (Å²) in [5, 5.41) is 11.9. The van der Waals surface area contributed by atoms with Gasteiger partial charge in [0.15, 0.2) is 11.6 Å². The van der Waals surface area contributed by atoms with Gasteiger partial charge in [0.1, 0.15) is 5.82 Å². The maximum absolute atomic E-state index is 4.85. The standard InChI is InChI=1S/C20H24N6/c1-2-21-20(25-15-12-16-8-3-4-9-17(16)25)22-13-7-11-19-24-23-18-10-5-6-14-26(18)19/h3-6,8-10,14H,2,7,11-13,15H2,1H3,(H,21,22). The minimum atomic E-state index is 0.767. The molecule has 1 aliphatic rings. The molecule has 0 amide bonds. The Kier molecular flexibility index (Phi) is 4.82. The SMILES string of the molecule is CCNC(=NCCCc1nnc2ccccn12)N1CCc2ccccc21. The zero-order valence-corrected chi connectivity index (χ0v) is 15.1. The Morgan fingerprint density at radius 1 is 1.15 bits per heavy atom. The largest absolute Gasteiger partial charge is 0.356 e. The van der Waals surface area contributed by atoms with Crippen LogP contribution >= 0.6 is 0 Å². The molecule has 4 rings (SSSR count). The van der Waals surface area contributed by atoms with Gasteiger partial charge in [0.25, 0.3) is 0 Å². The first-order valence-electron chi connectivity index (χ1n) is 9.29. The van der Waals surface area contributed by atoms with Crippen LogP contribution < -0.4 is 10.2 Å². The number of benzene rings is 1. The third kappa shape index (κ3) is 3.27. The van der Waals surface area contributed by atoms with Gasteiger partial charge < -0.3 is 10.2 Å². The minimum absolute atomic E-state index is 0.767. The predicted molar refractivity (Wildman–Crippen MR) is 105 cm³/mol. The molecule has 134 valence electrons. The highest BCUT2D eigenvalue weighted by molar-refractivity contribution is 5.97. The molecular weight excluding hydrogens is 324 g/mol. The van der Waals surface area contributed by atoms with Crippen LogP contribution in [0.25, 0.3) is 5.65 Å². The Bertz CT molecular complexity index is 913. The van der Waals surface area contributed by atoms with E-state index in [9.17, 15) is 0 Å². The summed E-state index contributed by atoms with van der Waals surface area (Å²) in [5.74, 6) is 1.97. The number of hydrogen-bond donors (Lipinski definition) is 1. The first-order chi connectivity index (χ1) is 12.9. The van der Waals surface area contributed by atoms with Crippen molar-refractivity contribution in [1.82, 2.24) is 19.9 Å². The van der Waals surface area contributed by atoms with Crippen molar-refractivity contribution in [2.45, 2.75) is 26.2 Å². The second-order valence-corrected chi connectivity index (χ2v) is 6.41. The number of aliphatic imine (C=N–C) groups is 1. The third-order valence-electron chi connectivity index (χ3n) is 4.68. The second-order valence-electron chi connectivity index (χ2n) is 6.41. The molecule has 0 radical (unpaired) electrons. The van der Waals surface area contributed by atoms with E-state index in [2.05, 4.69) is 51.6 Å². The number of guanidine groups is 1. The van der Waals surface area contributed by atoms with Gasteiger partial charge in [-0.2, -0.15) is 0 Å². The van der Waals surface area contributed by atoms with Gasteiger partial charge in [-0.05, 0) is 43.5 Å². The van der Waals surface area contributed by atoms with Crippen molar-refractivity contribution in [2.24, 2.45) is 4.99 Å². The van der Waals surface area contributed by atoms with Crippen LogP contribution in [0.15, 0.2) is 53.7 Å². The summed E-state index contributed by atoms with van der Waals surface area (Å²) in [5.41, 5.74) is 3.57. The summed E-state index contributed by atoms with van der Waals surface area (Å²) in [7, 11) is 0. The van der Waals surface area contributed by atoms with E-state index in [-0.39, 0.29) is 0 Å². The maximum Gasteiger partial charge on any atom is 0.198 e. The first kappa shape index (κ1) is 16.6. The van der Waals surface area contributed by atoms with Crippen LogP contribution in [-0.2, 0) is 12.8 Å². The van der Waals surface area contributed by atoms with Crippen molar-refractivity contribution >= 4 is 17.3 Å². The molecule has 26 heavy (non-hydrogen) atoms. The lowest BCUT2D eigenvalue weighted by Gasteiger charge is -2.22. The van der Waals surface area contributed by atoms with E-state index in [0.717, 1.165) is 56.3 Å². The normalized spacial score (nSPS) is 14.0.